The van der Waals surface area contributed by atoms with Gasteiger partial charge < -0.3 is 14.4 Å². The number of thiazole rings is 1. The summed E-state index contributed by atoms with van der Waals surface area (Å²) in [5, 5.41) is 1.92. The number of carbonyl (C=O) groups is 2. The van der Waals surface area contributed by atoms with Crippen molar-refractivity contribution in [3.63, 3.8) is 0 Å². The van der Waals surface area contributed by atoms with E-state index in [2.05, 4.69) is 9.72 Å². The Morgan fingerprint density at radius 2 is 2.17 bits per heavy atom. The summed E-state index contributed by atoms with van der Waals surface area (Å²) < 4.78 is 10.2. The third kappa shape index (κ3) is 5.34. The molecule has 0 saturated carbocycles. The number of aromatic nitrogens is 1. The molecule has 0 fully saturated rings. The van der Waals surface area contributed by atoms with Crippen LogP contribution in [0.15, 0.2) is 35.2 Å². The molecule has 6 nitrogen and oxygen atoms in total. The molecule has 0 saturated heterocycles. The lowest BCUT2D eigenvalue weighted by Crippen LogP contribution is -2.28. The number of hydrogen-bond acceptors (Lipinski definition) is 6. The zero-order valence-electron chi connectivity index (χ0n) is 13.7. The van der Waals surface area contributed by atoms with Crippen LogP contribution in [0.4, 0.5) is 0 Å². The number of benzene rings is 1. The van der Waals surface area contributed by atoms with Gasteiger partial charge in [-0.25, -0.2) is 4.98 Å². The largest absolute Gasteiger partial charge is 0.487 e. The third-order valence-corrected chi connectivity index (χ3v) is 4.04. The Morgan fingerprint density at radius 3 is 2.88 bits per heavy atom. The monoisotopic (exact) mass is 348 g/mol. The minimum absolute atomic E-state index is 0.112. The van der Waals surface area contributed by atoms with Crippen molar-refractivity contribution in [1.29, 1.82) is 0 Å². The summed E-state index contributed by atoms with van der Waals surface area (Å²) in [7, 11) is 3.07. The fourth-order valence-corrected chi connectivity index (χ4v) is 2.61. The number of esters is 1. The van der Waals surface area contributed by atoms with Crippen molar-refractivity contribution < 1.29 is 19.1 Å². The molecule has 0 aliphatic rings. The van der Waals surface area contributed by atoms with E-state index in [-0.39, 0.29) is 11.9 Å². The molecule has 0 atom stereocenters. The van der Waals surface area contributed by atoms with Gasteiger partial charge in [-0.15, -0.1) is 11.3 Å². The molecule has 1 aromatic heterocycles. The molecule has 1 amide bonds. The molecule has 0 aliphatic heterocycles. The lowest BCUT2D eigenvalue weighted by Gasteiger charge is -2.17. The van der Waals surface area contributed by atoms with Gasteiger partial charge in [-0.05, 0) is 24.6 Å². The SMILES string of the molecule is COC(=O)CCCN(C)C(=O)c1cccc(OCc2cscn2)c1. The van der Waals surface area contributed by atoms with Crippen LogP contribution in [0.3, 0.4) is 0 Å². The van der Waals surface area contributed by atoms with E-state index in [1.54, 1.807) is 41.7 Å². The fourth-order valence-electron chi connectivity index (χ4n) is 2.07. The maximum absolute atomic E-state index is 12.4. The molecule has 0 radical (unpaired) electrons. The Morgan fingerprint density at radius 1 is 1.33 bits per heavy atom. The van der Waals surface area contributed by atoms with Crippen molar-refractivity contribution in [3.8, 4) is 5.75 Å². The summed E-state index contributed by atoms with van der Waals surface area (Å²) >= 11 is 1.51. The van der Waals surface area contributed by atoms with E-state index < -0.39 is 0 Å². The summed E-state index contributed by atoms with van der Waals surface area (Å²) in [5.41, 5.74) is 3.16. The van der Waals surface area contributed by atoms with E-state index >= 15 is 0 Å². The van der Waals surface area contributed by atoms with E-state index in [9.17, 15) is 9.59 Å². The molecule has 0 spiro atoms. The molecule has 0 aliphatic carbocycles. The molecular weight excluding hydrogens is 328 g/mol. The van der Waals surface area contributed by atoms with E-state index in [0.717, 1.165) is 5.69 Å². The van der Waals surface area contributed by atoms with Gasteiger partial charge in [0.2, 0.25) is 0 Å². The topological polar surface area (TPSA) is 68.7 Å². The van der Waals surface area contributed by atoms with Gasteiger partial charge in [-0.3, -0.25) is 9.59 Å². The Hall–Kier alpha value is -2.41. The minimum Gasteiger partial charge on any atom is -0.487 e. The van der Waals surface area contributed by atoms with Crippen molar-refractivity contribution in [2.45, 2.75) is 19.4 Å². The van der Waals surface area contributed by atoms with Crippen molar-refractivity contribution in [3.05, 3.63) is 46.4 Å². The first-order valence-electron chi connectivity index (χ1n) is 7.52. The predicted molar refractivity (Wildman–Crippen MR) is 91.1 cm³/mol. The average Bonchev–Trinajstić information content (AvgIpc) is 3.12. The zero-order chi connectivity index (χ0) is 17.4. The summed E-state index contributed by atoms with van der Waals surface area (Å²) in [4.78, 5) is 29.3. The molecule has 24 heavy (non-hydrogen) atoms. The van der Waals surface area contributed by atoms with Gasteiger partial charge >= 0.3 is 5.97 Å². The zero-order valence-corrected chi connectivity index (χ0v) is 14.5. The van der Waals surface area contributed by atoms with Gasteiger partial charge in [0.15, 0.2) is 0 Å². The molecule has 2 aromatic rings. The number of methoxy groups -OCH3 is 1. The first-order chi connectivity index (χ1) is 11.6. The van der Waals surface area contributed by atoms with E-state index in [0.29, 0.717) is 37.3 Å². The van der Waals surface area contributed by atoms with Crippen LogP contribution < -0.4 is 4.74 Å². The Labute approximate surface area is 145 Å². The average molecular weight is 348 g/mol. The van der Waals surface area contributed by atoms with Crippen LogP contribution in [0.5, 0.6) is 5.75 Å². The molecule has 0 N–H and O–H groups in total. The van der Waals surface area contributed by atoms with Crippen LogP contribution in [0.2, 0.25) is 0 Å². The first kappa shape index (κ1) is 17.9. The van der Waals surface area contributed by atoms with Crippen molar-refractivity contribution in [1.82, 2.24) is 9.88 Å². The van der Waals surface area contributed by atoms with Crippen molar-refractivity contribution in [2.24, 2.45) is 0 Å². The maximum atomic E-state index is 12.4. The molecule has 1 aromatic carbocycles. The summed E-state index contributed by atoms with van der Waals surface area (Å²) in [5.74, 6) is 0.240. The lowest BCUT2D eigenvalue weighted by molar-refractivity contribution is -0.140. The Bertz CT molecular complexity index is 673. The van der Waals surface area contributed by atoms with Crippen LogP contribution >= 0.6 is 11.3 Å². The minimum atomic E-state index is -0.270. The quantitative estimate of drug-likeness (QED) is 0.686. The van der Waals surface area contributed by atoms with E-state index in [4.69, 9.17) is 4.74 Å². The number of rotatable bonds is 8. The lowest BCUT2D eigenvalue weighted by atomic mass is 10.2. The molecule has 0 bridgehead atoms. The molecular formula is C17H20N2O4S. The number of hydrogen-bond donors (Lipinski definition) is 0. The summed E-state index contributed by atoms with van der Waals surface area (Å²) in [6, 6.07) is 7.05. The number of ether oxygens (including phenoxy) is 2. The van der Waals surface area contributed by atoms with Crippen molar-refractivity contribution in [2.75, 3.05) is 20.7 Å². The fraction of sp³-hybridized carbons (Fsp3) is 0.353. The van der Waals surface area contributed by atoms with Gasteiger partial charge in [-0.1, -0.05) is 6.07 Å². The normalized spacial score (nSPS) is 10.2. The van der Waals surface area contributed by atoms with Crippen LogP contribution in [-0.2, 0) is 16.1 Å². The summed E-state index contributed by atoms with van der Waals surface area (Å²) in [6.07, 6.45) is 0.861. The van der Waals surface area contributed by atoms with Gasteiger partial charge in [-0.2, -0.15) is 0 Å². The highest BCUT2D eigenvalue weighted by Crippen LogP contribution is 2.16. The van der Waals surface area contributed by atoms with Gasteiger partial charge in [0, 0.05) is 31.0 Å². The second-order valence-electron chi connectivity index (χ2n) is 5.20. The van der Waals surface area contributed by atoms with Crippen LogP contribution in [-0.4, -0.2) is 42.5 Å². The molecule has 2 rings (SSSR count). The maximum Gasteiger partial charge on any atom is 0.305 e. The Kier molecular flexibility index (Phi) is 6.74. The first-order valence-corrected chi connectivity index (χ1v) is 8.46. The second-order valence-corrected chi connectivity index (χ2v) is 5.92. The highest BCUT2D eigenvalue weighted by Gasteiger charge is 2.13. The number of carbonyl (C=O) groups excluding carboxylic acids is 2. The predicted octanol–water partition coefficient (Wildman–Crippen LogP) is 2.75. The molecule has 1 heterocycles. The second kappa shape index (κ2) is 9.02. The highest BCUT2D eigenvalue weighted by molar-refractivity contribution is 7.07. The van der Waals surface area contributed by atoms with Crippen LogP contribution in [0, 0.1) is 0 Å². The molecule has 128 valence electrons. The van der Waals surface area contributed by atoms with Gasteiger partial charge in [0.1, 0.15) is 12.4 Å². The van der Waals surface area contributed by atoms with Crippen LogP contribution in [0.25, 0.3) is 0 Å². The van der Waals surface area contributed by atoms with E-state index in [1.807, 2.05) is 5.38 Å². The smallest absolute Gasteiger partial charge is 0.305 e. The standard InChI is InChI=1S/C17H20N2O4S/c1-19(8-4-7-16(20)22-2)17(21)13-5-3-6-15(9-13)23-10-14-11-24-12-18-14/h3,5-6,9,11-12H,4,7-8,10H2,1-2H3. The van der Waals surface area contributed by atoms with E-state index in [1.165, 1.54) is 18.4 Å². The molecule has 0 unspecified atom stereocenters. The number of amides is 1. The highest BCUT2D eigenvalue weighted by atomic mass is 32.1. The Balaban J connectivity index is 1.89. The van der Waals surface area contributed by atoms with Crippen molar-refractivity contribution >= 4 is 23.2 Å². The van der Waals surface area contributed by atoms with Crippen LogP contribution in [0.1, 0.15) is 28.9 Å². The van der Waals surface area contributed by atoms with Gasteiger partial charge in [0.05, 0.1) is 18.3 Å². The third-order valence-electron chi connectivity index (χ3n) is 3.40. The van der Waals surface area contributed by atoms with Gasteiger partial charge in [0.25, 0.3) is 5.91 Å². The molecule has 7 heteroatoms. The number of nitrogens with zero attached hydrogens (tertiary/aromatic N) is 2. The summed E-state index contributed by atoms with van der Waals surface area (Å²) in [6.45, 7) is 0.855.